The van der Waals surface area contributed by atoms with Crippen molar-refractivity contribution in [2.45, 2.75) is 0 Å². The lowest BCUT2D eigenvalue weighted by Gasteiger charge is -2.09. The maximum Gasteiger partial charge on any atom is 0.115 e. The molecule has 3 rings (SSSR count). The fourth-order valence-corrected chi connectivity index (χ4v) is 2.13. The number of aromatic nitrogens is 1. The summed E-state index contributed by atoms with van der Waals surface area (Å²) < 4.78 is 0. The fraction of sp³-hybridized carbons (Fsp3) is 0. The summed E-state index contributed by atoms with van der Waals surface area (Å²) in [5.74, 6) is 0.472. The highest BCUT2D eigenvalue weighted by Gasteiger charge is 2.08. The van der Waals surface area contributed by atoms with Gasteiger partial charge in [0.2, 0.25) is 0 Å². The smallest absolute Gasteiger partial charge is 0.115 e. The summed E-state index contributed by atoms with van der Waals surface area (Å²) in [6.07, 6.45) is 1.74. The van der Waals surface area contributed by atoms with Gasteiger partial charge in [-0.1, -0.05) is 18.2 Å². The van der Waals surface area contributed by atoms with Gasteiger partial charge in [-0.2, -0.15) is 0 Å². The van der Waals surface area contributed by atoms with Crippen molar-refractivity contribution < 1.29 is 10.2 Å². The first kappa shape index (κ1) is 12.2. The van der Waals surface area contributed by atoms with Crippen molar-refractivity contribution in [1.82, 2.24) is 4.98 Å². The maximum absolute atomic E-state index is 9.38. The van der Waals surface area contributed by atoms with Gasteiger partial charge >= 0.3 is 0 Å². The van der Waals surface area contributed by atoms with Crippen molar-refractivity contribution in [3.8, 4) is 33.9 Å². The van der Waals surface area contributed by atoms with E-state index in [1.54, 1.807) is 30.5 Å². The summed E-state index contributed by atoms with van der Waals surface area (Å²) in [4.78, 5) is 4.43. The second-order valence-electron chi connectivity index (χ2n) is 4.49. The van der Waals surface area contributed by atoms with Crippen LogP contribution in [0.2, 0.25) is 0 Å². The number of hydrogen-bond donors (Lipinski definition) is 2. The molecule has 1 heterocycles. The third-order valence-corrected chi connectivity index (χ3v) is 3.13. The van der Waals surface area contributed by atoms with Crippen LogP contribution >= 0.6 is 0 Å². The molecule has 0 spiro atoms. The Labute approximate surface area is 116 Å². The molecule has 0 saturated heterocycles. The number of phenols is 2. The van der Waals surface area contributed by atoms with E-state index in [-0.39, 0.29) is 11.5 Å². The molecule has 0 fully saturated rings. The zero-order chi connectivity index (χ0) is 13.9. The topological polar surface area (TPSA) is 53.4 Å². The highest BCUT2D eigenvalue weighted by atomic mass is 16.3. The first-order chi connectivity index (χ1) is 9.74. The van der Waals surface area contributed by atoms with Gasteiger partial charge in [-0.3, -0.25) is 4.98 Å². The van der Waals surface area contributed by atoms with Crippen molar-refractivity contribution in [2.24, 2.45) is 0 Å². The molecule has 3 nitrogen and oxygen atoms in total. The van der Waals surface area contributed by atoms with Gasteiger partial charge in [0.1, 0.15) is 11.5 Å². The number of pyridine rings is 1. The first-order valence-electron chi connectivity index (χ1n) is 6.28. The van der Waals surface area contributed by atoms with E-state index in [2.05, 4.69) is 4.98 Å². The van der Waals surface area contributed by atoms with Crippen LogP contribution in [0.5, 0.6) is 11.5 Å². The van der Waals surface area contributed by atoms with Gasteiger partial charge < -0.3 is 10.2 Å². The standard InChI is InChI=1S/C17H13NO2/c19-14-7-3-12(4-8-14)16-2-1-11-18-17(16)13-5-9-15(20)10-6-13/h1-11,19-20H. The highest BCUT2D eigenvalue weighted by Crippen LogP contribution is 2.31. The van der Waals surface area contributed by atoms with Crippen molar-refractivity contribution in [2.75, 3.05) is 0 Å². The van der Waals surface area contributed by atoms with Crippen LogP contribution in [0.25, 0.3) is 22.4 Å². The van der Waals surface area contributed by atoms with Crippen LogP contribution in [0.1, 0.15) is 0 Å². The molecule has 0 aliphatic rings. The second-order valence-corrected chi connectivity index (χ2v) is 4.49. The molecule has 0 bridgehead atoms. The third-order valence-electron chi connectivity index (χ3n) is 3.13. The highest BCUT2D eigenvalue weighted by molar-refractivity contribution is 5.80. The van der Waals surface area contributed by atoms with E-state index in [0.29, 0.717) is 0 Å². The molecule has 0 saturated carbocycles. The average molecular weight is 263 g/mol. The number of benzene rings is 2. The molecule has 98 valence electrons. The average Bonchev–Trinajstić information content (AvgIpc) is 2.49. The Morgan fingerprint density at radius 2 is 1.20 bits per heavy atom. The minimum Gasteiger partial charge on any atom is -0.508 e. The van der Waals surface area contributed by atoms with Crippen molar-refractivity contribution in [3.63, 3.8) is 0 Å². The second kappa shape index (κ2) is 5.05. The first-order valence-corrected chi connectivity index (χ1v) is 6.28. The zero-order valence-corrected chi connectivity index (χ0v) is 10.7. The summed E-state index contributed by atoms with van der Waals surface area (Å²) in [6, 6.07) is 17.9. The van der Waals surface area contributed by atoms with Gasteiger partial charge in [-0.15, -0.1) is 0 Å². The molecule has 0 aliphatic carbocycles. The minimum absolute atomic E-state index is 0.232. The largest absolute Gasteiger partial charge is 0.508 e. The number of aromatic hydroxyl groups is 2. The van der Waals surface area contributed by atoms with E-state index >= 15 is 0 Å². The molecule has 1 aromatic heterocycles. The molecule has 0 atom stereocenters. The molecule has 3 heteroatoms. The Hall–Kier alpha value is -2.81. The summed E-state index contributed by atoms with van der Waals surface area (Å²) in [6.45, 7) is 0. The summed E-state index contributed by atoms with van der Waals surface area (Å²) in [5.41, 5.74) is 3.75. The van der Waals surface area contributed by atoms with Gasteiger partial charge in [-0.05, 0) is 48.0 Å². The van der Waals surface area contributed by atoms with Crippen LogP contribution in [-0.2, 0) is 0 Å². The van der Waals surface area contributed by atoms with E-state index < -0.39 is 0 Å². The molecular weight excluding hydrogens is 250 g/mol. The van der Waals surface area contributed by atoms with Crippen LogP contribution in [0.4, 0.5) is 0 Å². The SMILES string of the molecule is Oc1ccc(-c2cccnc2-c2ccc(O)cc2)cc1. The van der Waals surface area contributed by atoms with Gasteiger partial charge in [-0.25, -0.2) is 0 Å². The van der Waals surface area contributed by atoms with Gasteiger partial charge in [0.25, 0.3) is 0 Å². The van der Waals surface area contributed by atoms with E-state index in [4.69, 9.17) is 0 Å². The van der Waals surface area contributed by atoms with E-state index in [9.17, 15) is 10.2 Å². The Morgan fingerprint density at radius 1 is 0.650 bits per heavy atom. The van der Waals surface area contributed by atoms with Crippen molar-refractivity contribution in [1.29, 1.82) is 0 Å². The Balaban J connectivity index is 2.13. The molecule has 0 aliphatic heterocycles. The van der Waals surface area contributed by atoms with Gasteiger partial charge in [0.15, 0.2) is 0 Å². The van der Waals surface area contributed by atoms with Crippen LogP contribution < -0.4 is 0 Å². The van der Waals surface area contributed by atoms with E-state index in [1.807, 2.05) is 36.4 Å². The number of hydrogen-bond acceptors (Lipinski definition) is 3. The number of nitrogens with zero attached hydrogens (tertiary/aromatic N) is 1. The van der Waals surface area contributed by atoms with Crippen LogP contribution in [0, 0.1) is 0 Å². The predicted molar refractivity (Wildman–Crippen MR) is 78.4 cm³/mol. The summed E-state index contributed by atoms with van der Waals surface area (Å²) >= 11 is 0. The monoisotopic (exact) mass is 263 g/mol. The van der Waals surface area contributed by atoms with E-state index in [1.165, 1.54) is 0 Å². The summed E-state index contributed by atoms with van der Waals surface area (Å²) in [7, 11) is 0. The molecule has 20 heavy (non-hydrogen) atoms. The Bertz CT molecular complexity index is 654. The van der Waals surface area contributed by atoms with E-state index in [0.717, 1.165) is 22.4 Å². The lowest BCUT2D eigenvalue weighted by molar-refractivity contribution is 0.475. The number of rotatable bonds is 2. The third kappa shape index (κ3) is 2.34. The number of phenolic OH excluding ortho intramolecular Hbond substituents is 2. The van der Waals surface area contributed by atoms with Crippen LogP contribution in [-0.4, -0.2) is 15.2 Å². The molecule has 0 unspecified atom stereocenters. The Morgan fingerprint density at radius 3 is 1.80 bits per heavy atom. The molecule has 0 amide bonds. The van der Waals surface area contributed by atoms with Gasteiger partial charge in [0, 0.05) is 17.3 Å². The quantitative estimate of drug-likeness (QED) is 0.738. The maximum atomic E-state index is 9.38. The molecular formula is C17H13NO2. The van der Waals surface area contributed by atoms with Crippen LogP contribution in [0.15, 0.2) is 66.9 Å². The van der Waals surface area contributed by atoms with Crippen molar-refractivity contribution in [3.05, 3.63) is 66.9 Å². The zero-order valence-electron chi connectivity index (χ0n) is 10.7. The molecule has 0 radical (unpaired) electrons. The lowest BCUT2D eigenvalue weighted by Crippen LogP contribution is -1.88. The molecule has 3 aromatic rings. The molecule has 2 N–H and O–H groups in total. The summed E-state index contributed by atoms with van der Waals surface area (Å²) in [5, 5.41) is 18.7. The lowest BCUT2D eigenvalue weighted by atomic mass is 9.99. The minimum atomic E-state index is 0.232. The Kier molecular flexibility index (Phi) is 3.09. The van der Waals surface area contributed by atoms with Crippen LogP contribution in [0.3, 0.4) is 0 Å². The van der Waals surface area contributed by atoms with Gasteiger partial charge in [0.05, 0.1) is 5.69 Å². The predicted octanol–water partition coefficient (Wildman–Crippen LogP) is 3.83. The normalized spacial score (nSPS) is 10.4. The van der Waals surface area contributed by atoms with Crippen molar-refractivity contribution >= 4 is 0 Å². The molecule has 2 aromatic carbocycles. The fourth-order valence-electron chi connectivity index (χ4n) is 2.13.